The molecule has 3 aromatic rings. The number of pyridine rings is 1. The van der Waals surface area contributed by atoms with Crippen LogP contribution in [0.3, 0.4) is 0 Å². The molecule has 29 heavy (non-hydrogen) atoms. The lowest BCUT2D eigenvalue weighted by Gasteiger charge is -2.12. The van der Waals surface area contributed by atoms with Gasteiger partial charge in [0.1, 0.15) is 10.6 Å². The van der Waals surface area contributed by atoms with Crippen LogP contribution in [0, 0.1) is 6.92 Å². The van der Waals surface area contributed by atoms with Crippen LogP contribution >= 0.6 is 23.2 Å². The maximum atomic E-state index is 12.7. The maximum absolute atomic E-state index is 12.7. The third-order valence-electron chi connectivity index (χ3n) is 4.13. The van der Waals surface area contributed by atoms with Crippen LogP contribution in [0.25, 0.3) is 11.3 Å². The van der Waals surface area contributed by atoms with Gasteiger partial charge >= 0.3 is 0 Å². The van der Waals surface area contributed by atoms with Crippen molar-refractivity contribution in [3.63, 3.8) is 0 Å². The smallest absolute Gasteiger partial charge is 0.268 e. The minimum atomic E-state index is -4.16. The fraction of sp³-hybridized carbons (Fsp3) is 0.100. The van der Waals surface area contributed by atoms with Crippen molar-refractivity contribution >= 4 is 39.1 Å². The molecule has 9 heteroatoms. The Kier molecular flexibility index (Phi) is 6.12. The first kappa shape index (κ1) is 21.1. The predicted octanol–water partition coefficient (Wildman–Crippen LogP) is 4.49. The fourth-order valence-corrected chi connectivity index (χ4v) is 4.10. The van der Waals surface area contributed by atoms with Gasteiger partial charge in [0.25, 0.3) is 15.9 Å². The predicted molar refractivity (Wildman–Crippen MR) is 112 cm³/mol. The summed E-state index contributed by atoms with van der Waals surface area (Å²) in [4.78, 5) is 16.6. The molecule has 1 heterocycles. The molecule has 0 fully saturated rings. The van der Waals surface area contributed by atoms with E-state index in [2.05, 4.69) is 4.98 Å². The summed E-state index contributed by atoms with van der Waals surface area (Å²) in [7, 11) is -2.80. The van der Waals surface area contributed by atoms with Gasteiger partial charge in [0.2, 0.25) is 0 Å². The molecule has 150 valence electrons. The Hall–Kier alpha value is -2.61. The number of methoxy groups -OCH3 is 1. The number of sulfonamides is 1. The summed E-state index contributed by atoms with van der Waals surface area (Å²) >= 11 is 12.1. The highest BCUT2D eigenvalue weighted by Gasteiger charge is 2.23. The fourth-order valence-electron chi connectivity index (χ4n) is 2.72. The quantitative estimate of drug-likeness (QED) is 0.618. The summed E-state index contributed by atoms with van der Waals surface area (Å²) in [6, 6.07) is 12.8. The largest absolute Gasteiger partial charge is 0.496 e. The van der Waals surface area contributed by atoms with Crippen LogP contribution in [0.5, 0.6) is 5.75 Å². The molecule has 0 aliphatic rings. The number of aromatic nitrogens is 1. The molecule has 0 unspecified atom stereocenters. The Bertz CT molecular complexity index is 1200. The van der Waals surface area contributed by atoms with Gasteiger partial charge in [-0.05, 0) is 42.8 Å². The van der Waals surface area contributed by atoms with Crippen molar-refractivity contribution in [1.82, 2.24) is 9.71 Å². The van der Waals surface area contributed by atoms with E-state index in [1.165, 1.54) is 37.6 Å². The zero-order valence-electron chi connectivity index (χ0n) is 15.4. The van der Waals surface area contributed by atoms with Crippen molar-refractivity contribution in [2.24, 2.45) is 0 Å². The van der Waals surface area contributed by atoms with E-state index in [0.717, 1.165) is 0 Å². The molecule has 0 aliphatic heterocycles. The normalized spacial score (nSPS) is 11.2. The Labute approximate surface area is 178 Å². The van der Waals surface area contributed by atoms with E-state index < -0.39 is 15.9 Å². The number of benzene rings is 2. The van der Waals surface area contributed by atoms with Crippen molar-refractivity contribution in [2.75, 3.05) is 7.11 Å². The molecule has 0 saturated carbocycles. The zero-order chi connectivity index (χ0) is 21.2. The van der Waals surface area contributed by atoms with Gasteiger partial charge in [-0.2, -0.15) is 0 Å². The van der Waals surface area contributed by atoms with Gasteiger partial charge in [0.15, 0.2) is 0 Å². The van der Waals surface area contributed by atoms with E-state index in [0.29, 0.717) is 26.9 Å². The van der Waals surface area contributed by atoms with Gasteiger partial charge in [-0.1, -0.05) is 41.4 Å². The number of aryl methyl sites for hydroxylation is 1. The Balaban J connectivity index is 1.91. The minimum Gasteiger partial charge on any atom is -0.496 e. The molecule has 0 spiro atoms. The first-order valence-corrected chi connectivity index (χ1v) is 10.6. The van der Waals surface area contributed by atoms with E-state index in [1.54, 1.807) is 25.1 Å². The lowest BCUT2D eigenvalue weighted by molar-refractivity contribution is 0.0978. The van der Waals surface area contributed by atoms with E-state index in [1.807, 2.05) is 10.8 Å². The van der Waals surface area contributed by atoms with Crippen molar-refractivity contribution in [3.05, 3.63) is 75.9 Å². The minimum absolute atomic E-state index is 0.0397. The molecular formula is C20H16Cl2N2O4S. The Morgan fingerprint density at radius 2 is 1.83 bits per heavy atom. The lowest BCUT2D eigenvalue weighted by atomic mass is 10.1. The molecule has 0 saturated heterocycles. The average molecular weight is 451 g/mol. The van der Waals surface area contributed by atoms with Gasteiger partial charge < -0.3 is 4.74 Å². The molecule has 2 aromatic carbocycles. The van der Waals surface area contributed by atoms with E-state index in [4.69, 9.17) is 27.9 Å². The molecular weight excluding hydrogens is 435 g/mol. The Morgan fingerprint density at radius 1 is 1.10 bits per heavy atom. The van der Waals surface area contributed by atoms with Crippen molar-refractivity contribution in [1.29, 1.82) is 0 Å². The summed E-state index contributed by atoms with van der Waals surface area (Å²) in [6.45, 7) is 1.72. The number of nitrogens with one attached hydrogen (secondary N) is 1. The molecule has 0 aliphatic carbocycles. The molecule has 1 aromatic heterocycles. The van der Waals surface area contributed by atoms with Gasteiger partial charge in [0, 0.05) is 21.8 Å². The molecule has 0 atom stereocenters. The molecule has 1 N–H and O–H groups in total. The highest BCUT2D eigenvalue weighted by atomic mass is 35.5. The summed E-state index contributed by atoms with van der Waals surface area (Å²) in [5.41, 5.74) is 1.88. The van der Waals surface area contributed by atoms with Gasteiger partial charge in [-0.3, -0.25) is 9.78 Å². The number of carbonyl (C=O) groups is 1. The number of rotatable bonds is 5. The van der Waals surface area contributed by atoms with Crippen LogP contribution in [0.1, 0.15) is 15.9 Å². The SMILES string of the molecule is COc1cc(Cl)ccc1C(=O)NS(=O)(=O)c1cnc(-c2ccccc2Cl)c(C)c1. The van der Waals surface area contributed by atoms with E-state index >= 15 is 0 Å². The molecule has 6 nitrogen and oxygen atoms in total. The van der Waals surface area contributed by atoms with Crippen molar-refractivity contribution < 1.29 is 17.9 Å². The van der Waals surface area contributed by atoms with Crippen molar-refractivity contribution in [2.45, 2.75) is 11.8 Å². The first-order chi connectivity index (χ1) is 13.7. The number of hydrogen-bond donors (Lipinski definition) is 1. The Morgan fingerprint density at radius 3 is 2.48 bits per heavy atom. The number of hydrogen-bond acceptors (Lipinski definition) is 5. The average Bonchev–Trinajstić information content (AvgIpc) is 2.68. The number of ether oxygens (including phenoxy) is 1. The second-order valence-electron chi connectivity index (χ2n) is 6.10. The van der Waals surface area contributed by atoms with Gasteiger partial charge in [-0.25, -0.2) is 13.1 Å². The molecule has 0 radical (unpaired) electrons. The summed E-state index contributed by atoms with van der Waals surface area (Å²) in [5, 5.41) is 0.859. The third-order valence-corrected chi connectivity index (χ3v) is 5.99. The molecule has 3 rings (SSSR count). The third kappa shape index (κ3) is 4.53. The lowest BCUT2D eigenvalue weighted by Crippen LogP contribution is -2.31. The number of nitrogens with zero attached hydrogens (tertiary/aromatic N) is 1. The van der Waals surface area contributed by atoms with E-state index in [-0.39, 0.29) is 16.2 Å². The van der Waals surface area contributed by atoms with Crippen LogP contribution in [0.4, 0.5) is 0 Å². The number of carbonyl (C=O) groups excluding carboxylic acids is 1. The molecule has 1 amide bonds. The second-order valence-corrected chi connectivity index (χ2v) is 8.62. The summed E-state index contributed by atoms with van der Waals surface area (Å²) in [5.74, 6) is -0.681. The first-order valence-electron chi connectivity index (χ1n) is 8.35. The van der Waals surface area contributed by atoms with E-state index in [9.17, 15) is 13.2 Å². The standard InChI is InChI=1S/C20H16Cl2N2O4S/c1-12-9-14(11-23-19(12)15-5-3-4-6-17(15)22)29(26,27)24-20(25)16-8-7-13(21)10-18(16)28-2/h3-11H,1-2H3,(H,24,25). The number of amides is 1. The molecule has 0 bridgehead atoms. The highest BCUT2D eigenvalue weighted by Crippen LogP contribution is 2.29. The van der Waals surface area contributed by atoms with Crippen LogP contribution in [0.2, 0.25) is 10.0 Å². The van der Waals surface area contributed by atoms with Gasteiger partial charge in [-0.15, -0.1) is 0 Å². The topological polar surface area (TPSA) is 85.4 Å². The summed E-state index contributed by atoms with van der Waals surface area (Å²) < 4.78 is 32.5. The van der Waals surface area contributed by atoms with Crippen LogP contribution in [0.15, 0.2) is 59.6 Å². The zero-order valence-corrected chi connectivity index (χ0v) is 17.8. The van der Waals surface area contributed by atoms with Crippen molar-refractivity contribution in [3.8, 4) is 17.0 Å². The monoisotopic (exact) mass is 450 g/mol. The van der Waals surface area contributed by atoms with Crippen LogP contribution in [-0.2, 0) is 10.0 Å². The van der Waals surface area contributed by atoms with Gasteiger partial charge in [0.05, 0.1) is 18.4 Å². The van der Waals surface area contributed by atoms with Crippen LogP contribution in [-0.4, -0.2) is 26.4 Å². The second kappa shape index (κ2) is 8.41. The maximum Gasteiger partial charge on any atom is 0.268 e. The highest BCUT2D eigenvalue weighted by molar-refractivity contribution is 7.90. The number of halogens is 2. The summed E-state index contributed by atoms with van der Waals surface area (Å²) in [6.07, 6.45) is 1.18. The van der Waals surface area contributed by atoms with Crippen LogP contribution < -0.4 is 9.46 Å².